The Kier molecular flexibility index (Phi) is 4.61. The molecule has 0 saturated carbocycles. The van der Waals surface area contributed by atoms with Gasteiger partial charge < -0.3 is 14.8 Å². The quantitative estimate of drug-likeness (QED) is 0.454. The van der Waals surface area contributed by atoms with Crippen molar-refractivity contribution in [3.05, 3.63) is 87.5 Å². The van der Waals surface area contributed by atoms with Crippen LogP contribution in [0.3, 0.4) is 0 Å². The number of fused-ring (bicyclic) bond motifs is 4. The van der Waals surface area contributed by atoms with Gasteiger partial charge in [0.1, 0.15) is 17.4 Å². The number of nitrogens with zero attached hydrogens (tertiary/aromatic N) is 4. The van der Waals surface area contributed by atoms with Gasteiger partial charge >= 0.3 is 0 Å². The van der Waals surface area contributed by atoms with Gasteiger partial charge in [0.05, 0.1) is 28.2 Å². The summed E-state index contributed by atoms with van der Waals surface area (Å²) in [6.07, 6.45) is 1.64. The maximum Gasteiger partial charge on any atom is 0.268 e. The van der Waals surface area contributed by atoms with Crippen molar-refractivity contribution < 1.29 is 9.18 Å². The van der Waals surface area contributed by atoms with Gasteiger partial charge in [0.25, 0.3) is 5.91 Å². The van der Waals surface area contributed by atoms with E-state index in [0.717, 1.165) is 37.4 Å². The number of rotatable bonds is 3. The monoisotopic (exact) mass is 453 g/mol. The SMILES string of the molecule is N#Cc1c(N2CCNCC2)ccc2c(=O)c3c(n(Cc4ccc(F)cc4)c12)-c1cccn1C3=O. The lowest BCUT2D eigenvalue weighted by atomic mass is 10.0. The van der Waals surface area contributed by atoms with Crippen LogP contribution in [0.15, 0.2) is 59.5 Å². The average Bonchev–Trinajstić information content (AvgIpc) is 3.45. The summed E-state index contributed by atoms with van der Waals surface area (Å²) in [4.78, 5) is 28.9. The third-order valence-corrected chi connectivity index (χ3v) is 6.65. The molecule has 8 heteroatoms. The Balaban J connectivity index is 1.70. The molecule has 2 aromatic carbocycles. The number of aromatic nitrogens is 2. The zero-order valence-corrected chi connectivity index (χ0v) is 18.2. The number of nitrogens with one attached hydrogen (secondary N) is 1. The number of piperazine rings is 1. The number of hydrogen-bond donors (Lipinski definition) is 1. The Morgan fingerprint density at radius 3 is 2.53 bits per heavy atom. The molecular weight excluding hydrogens is 433 g/mol. The Bertz CT molecular complexity index is 1570. The maximum atomic E-state index is 13.6. The number of nitriles is 1. The van der Waals surface area contributed by atoms with Gasteiger partial charge in [-0.1, -0.05) is 12.1 Å². The molecule has 4 heterocycles. The summed E-state index contributed by atoms with van der Waals surface area (Å²) >= 11 is 0. The van der Waals surface area contributed by atoms with E-state index < -0.39 is 0 Å². The Morgan fingerprint density at radius 1 is 1.03 bits per heavy atom. The molecule has 0 bridgehead atoms. The molecule has 1 N–H and O–H groups in total. The first-order valence-corrected chi connectivity index (χ1v) is 11.1. The van der Waals surface area contributed by atoms with Gasteiger partial charge in [-0.3, -0.25) is 14.2 Å². The topological polar surface area (TPSA) is 83.1 Å². The van der Waals surface area contributed by atoms with Crippen LogP contribution in [0, 0.1) is 17.1 Å². The van der Waals surface area contributed by atoms with E-state index in [1.165, 1.54) is 16.7 Å². The standard InChI is InChI=1S/C26H20FN5O2/c27-17-5-3-16(4-6-17)15-32-23-18(7-8-20(19(23)14-28)30-12-9-29-10-13-30)25(33)22-24(32)21-2-1-11-31(21)26(22)34/h1-8,11,29H,9-10,12-13,15H2. The molecule has 0 unspecified atom stereocenters. The summed E-state index contributed by atoms with van der Waals surface area (Å²) < 4.78 is 16.9. The van der Waals surface area contributed by atoms with Crippen molar-refractivity contribution in [2.24, 2.45) is 0 Å². The van der Waals surface area contributed by atoms with Crippen molar-refractivity contribution in [1.29, 1.82) is 5.26 Å². The minimum atomic E-state index is -0.377. The first kappa shape index (κ1) is 20.4. The molecule has 2 aliphatic heterocycles. The van der Waals surface area contributed by atoms with Crippen LogP contribution >= 0.6 is 0 Å². The number of benzene rings is 2. The Hall–Kier alpha value is -4.22. The highest BCUT2D eigenvalue weighted by atomic mass is 19.1. The van der Waals surface area contributed by atoms with Gasteiger partial charge in [0.15, 0.2) is 0 Å². The molecule has 1 saturated heterocycles. The molecule has 2 aromatic heterocycles. The molecule has 34 heavy (non-hydrogen) atoms. The molecule has 4 aromatic rings. The second-order valence-electron chi connectivity index (χ2n) is 8.54. The molecule has 2 aliphatic rings. The fourth-order valence-electron chi connectivity index (χ4n) is 5.08. The third-order valence-electron chi connectivity index (χ3n) is 6.65. The van der Waals surface area contributed by atoms with Crippen LogP contribution in [0.2, 0.25) is 0 Å². The molecule has 0 aliphatic carbocycles. The molecular formula is C26H20FN5O2. The summed E-state index contributed by atoms with van der Waals surface area (Å²) in [6.45, 7) is 3.37. The van der Waals surface area contributed by atoms with Gasteiger partial charge in [0, 0.05) is 44.3 Å². The zero-order chi connectivity index (χ0) is 23.4. The minimum absolute atomic E-state index is 0.101. The second kappa shape index (κ2) is 7.68. The summed E-state index contributed by atoms with van der Waals surface area (Å²) in [5.41, 5.74) is 3.28. The fourth-order valence-corrected chi connectivity index (χ4v) is 5.08. The van der Waals surface area contributed by atoms with Crippen molar-refractivity contribution in [1.82, 2.24) is 14.5 Å². The summed E-state index contributed by atoms with van der Waals surface area (Å²) in [5.74, 6) is -0.721. The highest BCUT2D eigenvalue weighted by Crippen LogP contribution is 2.36. The highest BCUT2D eigenvalue weighted by Gasteiger charge is 2.34. The normalized spacial score (nSPS) is 14.8. The van der Waals surface area contributed by atoms with Crippen molar-refractivity contribution in [2.45, 2.75) is 6.54 Å². The van der Waals surface area contributed by atoms with Crippen LogP contribution in [0.4, 0.5) is 10.1 Å². The first-order valence-electron chi connectivity index (χ1n) is 11.1. The van der Waals surface area contributed by atoms with E-state index in [1.54, 1.807) is 36.5 Å². The van der Waals surface area contributed by atoms with Gasteiger partial charge in [-0.25, -0.2) is 4.39 Å². The number of hydrogen-bond acceptors (Lipinski definition) is 5. The lowest BCUT2D eigenvalue weighted by molar-refractivity contribution is 0.0968. The molecule has 0 amide bonds. The van der Waals surface area contributed by atoms with Gasteiger partial charge in [-0.15, -0.1) is 0 Å². The number of anilines is 1. The van der Waals surface area contributed by atoms with Crippen molar-refractivity contribution in [3.8, 4) is 17.5 Å². The number of carbonyl (C=O) groups is 1. The fraction of sp³-hybridized carbons (Fsp3) is 0.192. The lowest BCUT2D eigenvalue weighted by Gasteiger charge is -2.31. The van der Waals surface area contributed by atoms with Gasteiger partial charge in [-0.2, -0.15) is 5.26 Å². The molecule has 7 nitrogen and oxygen atoms in total. The number of carbonyl (C=O) groups excluding carboxylic acids is 1. The average molecular weight is 453 g/mol. The maximum absolute atomic E-state index is 13.6. The molecule has 6 rings (SSSR count). The lowest BCUT2D eigenvalue weighted by Crippen LogP contribution is -2.43. The van der Waals surface area contributed by atoms with Crippen molar-refractivity contribution in [3.63, 3.8) is 0 Å². The van der Waals surface area contributed by atoms with Crippen LogP contribution in [0.1, 0.15) is 21.5 Å². The molecule has 0 spiro atoms. The van der Waals surface area contributed by atoms with E-state index in [0.29, 0.717) is 27.9 Å². The van der Waals surface area contributed by atoms with E-state index in [4.69, 9.17) is 0 Å². The second-order valence-corrected chi connectivity index (χ2v) is 8.54. The van der Waals surface area contributed by atoms with Crippen LogP contribution < -0.4 is 15.6 Å². The number of halogens is 1. The Morgan fingerprint density at radius 2 is 1.79 bits per heavy atom. The van der Waals surface area contributed by atoms with E-state index in [-0.39, 0.29) is 29.3 Å². The first-order chi connectivity index (χ1) is 16.6. The van der Waals surface area contributed by atoms with Crippen molar-refractivity contribution >= 4 is 22.5 Å². The number of pyridine rings is 1. The predicted octanol–water partition coefficient (Wildman–Crippen LogP) is 2.94. The van der Waals surface area contributed by atoms with E-state index >= 15 is 0 Å². The van der Waals surface area contributed by atoms with Crippen LogP contribution in [0.5, 0.6) is 0 Å². The highest BCUT2D eigenvalue weighted by molar-refractivity contribution is 6.11. The summed E-state index contributed by atoms with van der Waals surface area (Å²) in [6, 6.07) is 15.5. The molecule has 0 radical (unpaired) electrons. The van der Waals surface area contributed by atoms with E-state index in [9.17, 15) is 19.2 Å². The van der Waals surface area contributed by atoms with Crippen LogP contribution in [-0.4, -0.2) is 41.2 Å². The predicted molar refractivity (Wildman–Crippen MR) is 127 cm³/mol. The van der Waals surface area contributed by atoms with Crippen LogP contribution in [-0.2, 0) is 6.54 Å². The molecule has 168 valence electrons. The smallest absolute Gasteiger partial charge is 0.268 e. The molecule has 1 fully saturated rings. The summed E-state index contributed by atoms with van der Waals surface area (Å²) in [7, 11) is 0. The Labute approximate surface area is 194 Å². The zero-order valence-electron chi connectivity index (χ0n) is 18.2. The van der Waals surface area contributed by atoms with E-state index in [2.05, 4.69) is 16.3 Å². The third kappa shape index (κ3) is 2.91. The van der Waals surface area contributed by atoms with Gasteiger partial charge in [0.2, 0.25) is 5.43 Å². The van der Waals surface area contributed by atoms with Crippen molar-refractivity contribution in [2.75, 3.05) is 31.1 Å². The summed E-state index contributed by atoms with van der Waals surface area (Å²) in [5, 5.41) is 13.9. The molecule has 0 atom stereocenters. The van der Waals surface area contributed by atoms with Crippen LogP contribution in [0.25, 0.3) is 22.3 Å². The van der Waals surface area contributed by atoms with E-state index in [1.807, 2.05) is 10.6 Å². The minimum Gasteiger partial charge on any atom is -0.368 e. The largest absolute Gasteiger partial charge is 0.368 e. The van der Waals surface area contributed by atoms with Gasteiger partial charge in [-0.05, 0) is 42.0 Å².